The van der Waals surface area contributed by atoms with Crippen molar-refractivity contribution in [1.29, 1.82) is 0 Å². The lowest BCUT2D eigenvalue weighted by atomic mass is 10.2. The molecule has 0 aliphatic rings. The van der Waals surface area contributed by atoms with Crippen LogP contribution in [0.1, 0.15) is 13.8 Å². The van der Waals surface area contributed by atoms with E-state index in [0.29, 0.717) is 44.9 Å². The molecule has 158 valence electrons. The third kappa shape index (κ3) is 5.47. The molecule has 0 aliphatic carbocycles. The second-order valence-electron chi connectivity index (χ2n) is 6.97. The van der Waals surface area contributed by atoms with Crippen molar-refractivity contribution in [2.75, 3.05) is 18.2 Å². The summed E-state index contributed by atoms with van der Waals surface area (Å²) in [6.45, 7) is 4.91. The highest BCUT2D eigenvalue weighted by Gasteiger charge is 2.19. The van der Waals surface area contributed by atoms with Crippen LogP contribution in [-0.4, -0.2) is 33.5 Å². The van der Waals surface area contributed by atoms with E-state index in [4.69, 9.17) is 27.9 Å². The zero-order chi connectivity index (χ0) is 21.7. The van der Waals surface area contributed by atoms with E-state index in [1.54, 1.807) is 31.4 Å². The fourth-order valence-electron chi connectivity index (χ4n) is 2.86. The largest absolute Gasteiger partial charge is 0.495 e. The van der Waals surface area contributed by atoms with Crippen molar-refractivity contribution in [3.8, 4) is 17.1 Å². The molecule has 0 fully saturated rings. The van der Waals surface area contributed by atoms with Crippen molar-refractivity contribution < 1.29 is 9.53 Å². The fourth-order valence-corrected chi connectivity index (χ4v) is 4.10. The Morgan fingerprint density at radius 2 is 1.97 bits per heavy atom. The smallest absolute Gasteiger partial charge is 0.234 e. The Kier molecular flexibility index (Phi) is 7.64. The summed E-state index contributed by atoms with van der Waals surface area (Å²) in [5, 5.41) is 13.2. The number of aromatic nitrogens is 3. The van der Waals surface area contributed by atoms with Crippen molar-refractivity contribution in [2.24, 2.45) is 5.92 Å². The lowest BCUT2D eigenvalue weighted by molar-refractivity contribution is -0.113. The first-order valence-corrected chi connectivity index (χ1v) is 11.1. The Morgan fingerprint density at radius 3 is 2.67 bits per heavy atom. The maximum atomic E-state index is 12.5. The molecular formula is C21H22Cl2N4O2S. The standard InChI is InChI=1S/C21H22Cl2N4O2S/c1-13(2)11-27-20(15-9-8-14(22)10-16(15)23)25-26-21(27)30-12-19(28)24-17-6-4-5-7-18(17)29-3/h4-10,13H,11-12H2,1-3H3,(H,24,28). The molecule has 0 saturated heterocycles. The van der Waals surface area contributed by atoms with Crippen LogP contribution in [0, 0.1) is 5.92 Å². The summed E-state index contributed by atoms with van der Waals surface area (Å²) < 4.78 is 7.26. The number of benzene rings is 2. The number of amides is 1. The number of hydrogen-bond acceptors (Lipinski definition) is 5. The Hall–Kier alpha value is -2.22. The topological polar surface area (TPSA) is 69.0 Å². The first-order valence-electron chi connectivity index (χ1n) is 9.33. The molecule has 1 amide bonds. The van der Waals surface area contributed by atoms with Crippen molar-refractivity contribution >= 4 is 46.6 Å². The number of methoxy groups -OCH3 is 1. The average Bonchev–Trinajstić information content (AvgIpc) is 3.08. The van der Waals surface area contributed by atoms with Crippen LogP contribution in [-0.2, 0) is 11.3 Å². The van der Waals surface area contributed by atoms with Crippen molar-refractivity contribution in [1.82, 2.24) is 14.8 Å². The van der Waals surface area contributed by atoms with Crippen LogP contribution >= 0.6 is 35.0 Å². The molecule has 3 rings (SSSR count). The number of thioether (sulfide) groups is 1. The number of anilines is 1. The normalized spacial score (nSPS) is 11.0. The molecule has 0 radical (unpaired) electrons. The van der Waals surface area contributed by atoms with Gasteiger partial charge in [0, 0.05) is 17.1 Å². The van der Waals surface area contributed by atoms with E-state index >= 15 is 0 Å². The predicted octanol–water partition coefficient (Wildman–Crippen LogP) is 5.65. The molecule has 6 nitrogen and oxygen atoms in total. The van der Waals surface area contributed by atoms with E-state index in [2.05, 4.69) is 29.4 Å². The zero-order valence-electron chi connectivity index (χ0n) is 16.9. The lowest BCUT2D eigenvalue weighted by Crippen LogP contribution is -2.15. The van der Waals surface area contributed by atoms with E-state index in [0.717, 1.165) is 5.56 Å². The molecule has 0 spiro atoms. The Balaban J connectivity index is 1.78. The first-order chi connectivity index (χ1) is 14.4. The number of halogens is 2. The van der Waals surface area contributed by atoms with E-state index < -0.39 is 0 Å². The molecule has 1 heterocycles. The number of nitrogens with one attached hydrogen (secondary N) is 1. The summed E-state index contributed by atoms with van der Waals surface area (Å²) in [5.74, 6) is 1.64. The first kappa shape index (κ1) is 22.5. The summed E-state index contributed by atoms with van der Waals surface area (Å²) in [4.78, 5) is 12.5. The van der Waals surface area contributed by atoms with Crippen LogP contribution in [0.5, 0.6) is 5.75 Å². The van der Waals surface area contributed by atoms with Gasteiger partial charge in [-0.3, -0.25) is 4.79 Å². The Morgan fingerprint density at radius 1 is 1.20 bits per heavy atom. The summed E-state index contributed by atoms with van der Waals surface area (Å²) >= 11 is 13.7. The summed E-state index contributed by atoms with van der Waals surface area (Å²) in [6.07, 6.45) is 0. The van der Waals surface area contributed by atoms with Crippen molar-refractivity contribution in [2.45, 2.75) is 25.5 Å². The van der Waals surface area contributed by atoms with E-state index in [1.165, 1.54) is 11.8 Å². The molecule has 1 aromatic heterocycles. The second-order valence-corrected chi connectivity index (χ2v) is 8.76. The van der Waals surface area contributed by atoms with Gasteiger partial charge in [0.15, 0.2) is 11.0 Å². The van der Waals surface area contributed by atoms with Crippen molar-refractivity contribution in [3.63, 3.8) is 0 Å². The van der Waals surface area contributed by atoms with Crippen LogP contribution in [0.2, 0.25) is 10.0 Å². The van der Waals surface area contributed by atoms with E-state index in [-0.39, 0.29) is 11.7 Å². The Labute approximate surface area is 189 Å². The molecule has 0 unspecified atom stereocenters. The Bertz CT molecular complexity index is 1040. The van der Waals surface area contributed by atoms with Gasteiger partial charge in [-0.1, -0.05) is 60.9 Å². The number of rotatable bonds is 8. The molecule has 0 aliphatic heterocycles. The third-order valence-electron chi connectivity index (χ3n) is 4.15. The number of nitrogens with zero attached hydrogens (tertiary/aromatic N) is 3. The van der Waals surface area contributed by atoms with Crippen molar-refractivity contribution in [3.05, 3.63) is 52.5 Å². The van der Waals surface area contributed by atoms with Gasteiger partial charge in [0.1, 0.15) is 5.75 Å². The summed E-state index contributed by atoms with van der Waals surface area (Å²) in [5.41, 5.74) is 1.38. The number of carbonyl (C=O) groups excluding carboxylic acids is 1. The van der Waals surface area contributed by atoms with Gasteiger partial charge in [0.05, 0.1) is 23.6 Å². The monoisotopic (exact) mass is 464 g/mol. The van der Waals surface area contributed by atoms with Crippen LogP contribution in [0.4, 0.5) is 5.69 Å². The van der Waals surface area contributed by atoms with Gasteiger partial charge in [-0.25, -0.2) is 0 Å². The molecule has 3 aromatic rings. The molecule has 0 atom stereocenters. The van der Waals surface area contributed by atoms with Gasteiger partial charge in [0.25, 0.3) is 0 Å². The van der Waals surface area contributed by atoms with E-state index in [1.807, 2.05) is 22.8 Å². The highest BCUT2D eigenvalue weighted by molar-refractivity contribution is 7.99. The van der Waals surface area contributed by atoms with Crippen LogP contribution in [0.15, 0.2) is 47.6 Å². The van der Waals surface area contributed by atoms with Gasteiger partial charge < -0.3 is 14.6 Å². The van der Waals surface area contributed by atoms with Gasteiger partial charge in [-0.05, 0) is 36.2 Å². The molecule has 0 bridgehead atoms. The van der Waals surface area contributed by atoms with Gasteiger partial charge in [0.2, 0.25) is 5.91 Å². The number of para-hydroxylation sites is 2. The summed E-state index contributed by atoms with van der Waals surface area (Å²) in [6, 6.07) is 12.6. The minimum Gasteiger partial charge on any atom is -0.495 e. The highest BCUT2D eigenvalue weighted by Crippen LogP contribution is 2.32. The lowest BCUT2D eigenvalue weighted by Gasteiger charge is -2.13. The minimum absolute atomic E-state index is 0.158. The van der Waals surface area contributed by atoms with Crippen LogP contribution in [0.3, 0.4) is 0 Å². The highest BCUT2D eigenvalue weighted by atomic mass is 35.5. The zero-order valence-corrected chi connectivity index (χ0v) is 19.2. The maximum Gasteiger partial charge on any atom is 0.234 e. The number of carbonyl (C=O) groups is 1. The van der Waals surface area contributed by atoms with Gasteiger partial charge in [-0.15, -0.1) is 10.2 Å². The molecule has 2 aromatic carbocycles. The predicted molar refractivity (Wildman–Crippen MR) is 123 cm³/mol. The number of hydrogen-bond donors (Lipinski definition) is 1. The maximum absolute atomic E-state index is 12.5. The van der Waals surface area contributed by atoms with Gasteiger partial charge in [-0.2, -0.15) is 0 Å². The SMILES string of the molecule is COc1ccccc1NC(=O)CSc1nnc(-c2ccc(Cl)cc2Cl)n1CC(C)C. The number of ether oxygens (including phenoxy) is 1. The molecule has 0 saturated carbocycles. The molecular weight excluding hydrogens is 443 g/mol. The third-order valence-corrected chi connectivity index (χ3v) is 5.66. The summed E-state index contributed by atoms with van der Waals surface area (Å²) in [7, 11) is 1.57. The fraction of sp³-hybridized carbons (Fsp3) is 0.286. The average molecular weight is 465 g/mol. The van der Waals surface area contributed by atoms with Gasteiger partial charge >= 0.3 is 0 Å². The van der Waals surface area contributed by atoms with E-state index in [9.17, 15) is 4.79 Å². The molecule has 9 heteroatoms. The molecule has 30 heavy (non-hydrogen) atoms. The van der Waals surface area contributed by atoms with Crippen LogP contribution < -0.4 is 10.1 Å². The molecule has 1 N–H and O–H groups in total. The van der Waals surface area contributed by atoms with Crippen LogP contribution in [0.25, 0.3) is 11.4 Å². The quantitative estimate of drug-likeness (QED) is 0.436. The minimum atomic E-state index is -0.158. The second kappa shape index (κ2) is 10.2.